The zero-order chi connectivity index (χ0) is 19.1. The lowest BCUT2D eigenvalue weighted by atomic mass is 9.99. The van der Waals surface area contributed by atoms with Gasteiger partial charge in [-0.25, -0.2) is 0 Å². The third-order valence-electron chi connectivity index (χ3n) is 6.31. The highest BCUT2D eigenvalue weighted by atomic mass is 35.5. The molecule has 2 saturated heterocycles. The number of rotatable bonds is 4. The van der Waals surface area contributed by atoms with E-state index in [1.807, 2.05) is 17.5 Å². The Morgan fingerprint density at radius 2 is 1.76 bits per heavy atom. The molecule has 29 heavy (non-hydrogen) atoms. The van der Waals surface area contributed by atoms with E-state index in [0.717, 1.165) is 32.1 Å². The molecule has 1 aliphatic carbocycles. The molecule has 5 nitrogen and oxygen atoms in total. The van der Waals surface area contributed by atoms with E-state index in [1.54, 1.807) is 6.07 Å². The third kappa shape index (κ3) is 4.20. The number of hydrogen-bond donors (Lipinski definition) is 3. The first-order valence-corrected chi connectivity index (χ1v) is 11.1. The summed E-state index contributed by atoms with van der Waals surface area (Å²) in [6, 6.07) is 9.02. The lowest BCUT2D eigenvalue weighted by Gasteiger charge is -2.29. The zero-order valence-electron chi connectivity index (χ0n) is 16.2. The van der Waals surface area contributed by atoms with E-state index in [1.165, 1.54) is 35.3 Å². The lowest BCUT2D eigenvalue weighted by Crippen LogP contribution is -2.48. The monoisotopic (exact) mass is 431 g/mol. The summed E-state index contributed by atoms with van der Waals surface area (Å²) in [4.78, 5) is 25.6. The molecule has 2 aromatic rings. The Bertz CT molecular complexity index is 917. The van der Waals surface area contributed by atoms with Crippen LogP contribution in [0.2, 0.25) is 0 Å². The first-order valence-electron chi connectivity index (χ1n) is 10.2. The van der Waals surface area contributed by atoms with Crippen LogP contribution in [0.3, 0.4) is 0 Å². The normalized spacial score (nSPS) is 24.5. The molecule has 3 heterocycles. The quantitative estimate of drug-likeness (QED) is 0.687. The summed E-state index contributed by atoms with van der Waals surface area (Å²) in [7, 11) is 0. The Balaban J connectivity index is 0.00000205. The third-order valence-corrected chi connectivity index (χ3v) is 7.14. The van der Waals surface area contributed by atoms with Gasteiger partial charge >= 0.3 is 0 Å². The summed E-state index contributed by atoms with van der Waals surface area (Å²) in [6.45, 7) is 0. The fraction of sp³-hybridized carbons (Fsp3) is 0.455. The lowest BCUT2D eigenvalue weighted by molar-refractivity contribution is 0.0925. The van der Waals surface area contributed by atoms with Crippen molar-refractivity contribution < 1.29 is 9.59 Å². The molecule has 2 amide bonds. The largest absolute Gasteiger partial charge is 0.349 e. The van der Waals surface area contributed by atoms with Gasteiger partial charge in [-0.3, -0.25) is 9.59 Å². The van der Waals surface area contributed by atoms with Gasteiger partial charge in [0.05, 0.1) is 5.56 Å². The standard InChI is InChI=1S/C22H25N3O2S.ClH/c26-20(15-5-4-13-2-1-3-14(13)10-15)25-22-19(8-9-28-22)21(27)24-18-11-16-6-7-17(12-18)23-16;/h4-5,8-10,16-18,23H,1-3,6-7,11-12H2,(H,24,27)(H,25,26);1H. The van der Waals surface area contributed by atoms with Crippen molar-refractivity contribution >= 4 is 40.6 Å². The van der Waals surface area contributed by atoms with Crippen LogP contribution in [0, 0.1) is 0 Å². The van der Waals surface area contributed by atoms with Gasteiger partial charge in [-0.1, -0.05) is 6.07 Å². The van der Waals surface area contributed by atoms with Crippen LogP contribution in [0.1, 0.15) is 63.9 Å². The van der Waals surface area contributed by atoms with Crippen LogP contribution < -0.4 is 16.0 Å². The van der Waals surface area contributed by atoms with Crippen LogP contribution in [0.15, 0.2) is 29.6 Å². The second kappa shape index (κ2) is 8.46. The first-order chi connectivity index (χ1) is 13.7. The van der Waals surface area contributed by atoms with Crippen molar-refractivity contribution in [1.29, 1.82) is 0 Å². The molecule has 2 aliphatic heterocycles. The molecule has 2 unspecified atom stereocenters. The zero-order valence-corrected chi connectivity index (χ0v) is 17.8. The maximum Gasteiger partial charge on any atom is 0.256 e. The van der Waals surface area contributed by atoms with Crippen LogP contribution in [-0.2, 0) is 12.8 Å². The minimum atomic E-state index is -0.147. The van der Waals surface area contributed by atoms with Gasteiger partial charge in [0.2, 0.25) is 0 Å². The second-order valence-corrected chi connectivity index (χ2v) is 9.15. The molecule has 2 fully saturated rings. The number of amides is 2. The number of aryl methyl sites for hydroxylation is 2. The number of benzene rings is 1. The summed E-state index contributed by atoms with van der Waals surface area (Å²) >= 11 is 1.40. The molecule has 154 valence electrons. The van der Waals surface area contributed by atoms with E-state index in [-0.39, 0.29) is 30.3 Å². The number of halogens is 1. The maximum atomic E-state index is 12.8. The van der Waals surface area contributed by atoms with Gasteiger partial charge in [-0.15, -0.1) is 23.7 Å². The number of thiophene rings is 1. The van der Waals surface area contributed by atoms with E-state index in [2.05, 4.69) is 22.0 Å². The number of piperidine rings is 1. The molecular weight excluding hydrogens is 406 g/mol. The Morgan fingerprint density at radius 1 is 1.00 bits per heavy atom. The van der Waals surface area contributed by atoms with Crippen molar-refractivity contribution in [3.8, 4) is 0 Å². The SMILES string of the molecule is Cl.O=C(Nc1sccc1C(=O)NC1CC2CCC(C1)N2)c1ccc2c(c1)CCC2. The van der Waals surface area contributed by atoms with Crippen LogP contribution >= 0.6 is 23.7 Å². The highest BCUT2D eigenvalue weighted by molar-refractivity contribution is 7.14. The molecule has 5 rings (SSSR count). The van der Waals surface area contributed by atoms with Gasteiger partial charge in [-0.05, 0) is 79.7 Å². The first kappa shape index (κ1) is 20.4. The highest BCUT2D eigenvalue weighted by Gasteiger charge is 2.34. The minimum Gasteiger partial charge on any atom is -0.349 e. The second-order valence-electron chi connectivity index (χ2n) is 8.23. The minimum absolute atomic E-state index is 0. The summed E-state index contributed by atoms with van der Waals surface area (Å²) in [5, 5.41) is 12.2. The van der Waals surface area contributed by atoms with Crippen LogP contribution in [0.4, 0.5) is 5.00 Å². The topological polar surface area (TPSA) is 70.2 Å². The Kier molecular flexibility index (Phi) is 5.95. The van der Waals surface area contributed by atoms with Crippen LogP contribution in [0.25, 0.3) is 0 Å². The maximum absolute atomic E-state index is 12.8. The van der Waals surface area contributed by atoms with Crippen molar-refractivity contribution in [2.24, 2.45) is 0 Å². The number of fused-ring (bicyclic) bond motifs is 3. The molecule has 0 spiro atoms. The van der Waals surface area contributed by atoms with E-state index in [0.29, 0.717) is 28.2 Å². The predicted octanol–water partition coefficient (Wildman–Crippen LogP) is 3.92. The molecule has 1 aromatic carbocycles. The number of carbonyl (C=O) groups is 2. The molecule has 3 N–H and O–H groups in total. The molecule has 3 aliphatic rings. The molecular formula is C22H26ClN3O2S. The van der Waals surface area contributed by atoms with Crippen molar-refractivity contribution in [3.05, 3.63) is 51.9 Å². The Hall–Kier alpha value is -1.89. The van der Waals surface area contributed by atoms with Gasteiger partial charge in [0.1, 0.15) is 5.00 Å². The van der Waals surface area contributed by atoms with E-state index in [9.17, 15) is 9.59 Å². The summed E-state index contributed by atoms with van der Waals surface area (Å²) in [5.74, 6) is -0.233. The van der Waals surface area contributed by atoms with Crippen LogP contribution in [0.5, 0.6) is 0 Å². The fourth-order valence-corrected chi connectivity index (χ4v) is 5.69. The van der Waals surface area contributed by atoms with Crippen molar-refractivity contribution in [3.63, 3.8) is 0 Å². The molecule has 0 radical (unpaired) electrons. The Morgan fingerprint density at radius 3 is 2.55 bits per heavy atom. The van der Waals surface area contributed by atoms with E-state index >= 15 is 0 Å². The molecule has 2 bridgehead atoms. The van der Waals surface area contributed by atoms with Gasteiger partial charge in [0.25, 0.3) is 11.8 Å². The molecule has 0 saturated carbocycles. The van der Waals surface area contributed by atoms with Gasteiger partial charge in [0.15, 0.2) is 0 Å². The van der Waals surface area contributed by atoms with Gasteiger partial charge in [0, 0.05) is 23.7 Å². The molecule has 1 aromatic heterocycles. The highest BCUT2D eigenvalue weighted by Crippen LogP contribution is 2.29. The summed E-state index contributed by atoms with van der Waals surface area (Å²) < 4.78 is 0. The number of carbonyl (C=O) groups excluding carboxylic acids is 2. The van der Waals surface area contributed by atoms with Crippen LogP contribution in [-0.4, -0.2) is 29.9 Å². The average Bonchev–Trinajstić information content (AvgIpc) is 3.41. The molecule has 2 atom stereocenters. The number of anilines is 1. The average molecular weight is 432 g/mol. The van der Waals surface area contributed by atoms with Crippen molar-refractivity contribution in [1.82, 2.24) is 10.6 Å². The summed E-state index contributed by atoms with van der Waals surface area (Å²) in [5.41, 5.74) is 3.85. The van der Waals surface area contributed by atoms with Crippen molar-refractivity contribution in [2.75, 3.05) is 5.32 Å². The fourth-order valence-electron chi connectivity index (χ4n) is 4.91. The summed E-state index contributed by atoms with van der Waals surface area (Å²) in [6.07, 6.45) is 7.70. The predicted molar refractivity (Wildman–Crippen MR) is 118 cm³/mol. The van der Waals surface area contributed by atoms with Gasteiger partial charge in [-0.2, -0.15) is 0 Å². The smallest absolute Gasteiger partial charge is 0.256 e. The van der Waals surface area contributed by atoms with E-state index < -0.39 is 0 Å². The van der Waals surface area contributed by atoms with E-state index in [4.69, 9.17) is 0 Å². The molecule has 7 heteroatoms. The Labute approximate surface area is 181 Å². The number of nitrogens with one attached hydrogen (secondary N) is 3. The van der Waals surface area contributed by atoms with Gasteiger partial charge < -0.3 is 16.0 Å². The van der Waals surface area contributed by atoms with Crippen molar-refractivity contribution in [2.45, 2.75) is 63.1 Å². The number of hydrogen-bond acceptors (Lipinski definition) is 4.